The molecule has 0 radical (unpaired) electrons. The van der Waals surface area contributed by atoms with Crippen molar-refractivity contribution in [2.75, 3.05) is 19.5 Å². The van der Waals surface area contributed by atoms with E-state index in [2.05, 4.69) is 5.32 Å². The maximum absolute atomic E-state index is 12.8. The van der Waals surface area contributed by atoms with Crippen LogP contribution in [0.1, 0.15) is 23.2 Å². The average molecular weight is 294 g/mol. The van der Waals surface area contributed by atoms with Gasteiger partial charge in [0, 0.05) is 13.2 Å². The van der Waals surface area contributed by atoms with Crippen molar-refractivity contribution in [3.8, 4) is 11.5 Å². The first-order chi connectivity index (χ1) is 10.1. The Morgan fingerprint density at radius 2 is 2.10 bits per heavy atom. The van der Waals surface area contributed by atoms with E-state index in [9.17, 15) is 15.0 Å². The molecule has 1 aromatic carbocycles. The molecule has 0 aliphatic carbocycles. The summed E-state index contributed by atoms with van der Waals surface area (Å²) in [6, 6.07) is 2.50. The summed E-state index contributed by atoms with van der Waals surface area (Å²) in [4.78, 5) is 14.3. The molecule has 2 heterocycles. The van der Waals surface area contributed by atoms with Crippen LogP contribution in [-0.2, 0) is 4.74 Å². The zero-order valence-electron chi connectivity index (χ0n) is 11.9. The number of hydrogen-bond donors (Lipinski definition) is 3. The lowest BCUT2D eigenvalue weighted by atomic mass is 10.1. The SMILES string of the molecule is COc1cc2c(cc1O)NC(O)C1CCC(OC)N1C2=O. The van der Waals surface area contributed by atoms with E-state index >= 15 is 0 Å². The summed E-state index contributed by atoms with van der Waals surface area (Å²) in [6.07, 6.45) is 0.0546. The lowest BCUT2D eigenvalue weighted by Gasteiger charge is -2.29. The third kappa shape index (κ3) is 2.09. The maximum Gasteiger partial charge on any atom is 0.258 e. The number of fused-ring (bicyclic) bond motifs is 2. The summed E-state index contributed by atoms with van der Waals surface area (Å²) in [5.41, 5.74) is 0.727. The fourth-order valence-electron chi connectivity index (χ4n) is 3.05. The standard InChI is InChI=1S/C14H18N2O5/c1-20-11-5-7-8(6-10(11)17)15-13(18)9-3-4-12(21-2)16(9)14(7)19/h5-6,9,12-13,15,17-18H,3-4H2,1-2H3. The van der Waals surface area contributed by atoms with E-state index in [0.29, 0.717) is 24.1 Å². The molecule has 0 bridgehead atoms. The highest BCUT2D eigenvalue weighted by Crippen LogP contribution is 2.38. The molecule has 3 atom stereocenters. The van der Waals surface area contributed by atoms with Crippen molar-refractivity contribution in [1.29, 1.82) is 0 Å². The first kappa shape index (κ1) is 14.0. The minimum atomic E-state index is -0.914. The molecule has 1 amide bonds. The van der Waals surface area contributed by atoms with Gasteiger partial charge < -0.3 is 29.9 Å². The fraction of sp³-hybridized carbons (Fsp3) is 0.500. The van der Waals surface area contributed by atoms with Crippen LogP contribution in [0.15, 0.2) is 12.1 Å². The first-order valence-corrected chi connectivity index (χ1v) is 6.78. The fourth-order valence-corrected chi connectivity index (χ4v) is 3.05. The summed E-state index contributed by atoms with van der Waals surface area (Å²) in [7, 11) is 2.96. The normalized spacial score (nSPS) is 27.7. The minimum absolute atomic E-state index is 0.0888. The molecule has 114 valence electrons. The minimum Gasteiger partial charge on any atom is -0.504 e. The number of amides is 1. The second-order valence-electron chi connectivity index (χ2n) is 5.21. The summed E-state index contributed by atoms with van der Waals surface area (Å²) >= 11 is 0. The molecule has 0 saturated carbocycles. The van der Waals surface area contributed by atoms with Gasteiger partial charge in [-0.3, -0.25) is 4.79 Å². The molecule has 7 heteroatoms. The number of anilines is 1. The molecule has 7 nitrogen and oxygen atoms in total. The van der Waals surface area contributed by atoms with Gasteiger partial charge in [-0.05, 0) is 18.9 Å². The molecule has 1 saturated heterocycles. The molecule has 3 unspecified atom stereocenters. The van der Waals surface area contributed by atoms with Gasteiger partial charge in [-0.25, -0.2) is 0 Å². The highest BCUT2D eigenvalue weighted by atomic mass is 16.5. The molecular formula is C14H18N2O5. The molecular weight excluding hydrogens is 276 g/mol. The van der Waals surface area contributed by atoms with Gasteiger partial charge in [0.15, 0.2) is 11.5 Å². The van der Waals surface area contributed by atoms with Gasteiger partial charge in [0.25, 0.3) is 5.91 Å². The van der Waals surface area contributed by atoms with Crippen molar-refractivity contribution in [3.05, 3.63) is 17.7 Å². The molecule has 0 aromatic heterocycles. The number of phenols is 1. The number of phenolic OH excluding ortho intramolecular Hbond substituents is 1. The van der Waals surface area contributed by atoms with Crippen molar-refractivity contribution in [2.24, 2.45) is 0 Å². The monoisotopic (exact) mass is 294 g/mol. The summed E-state index contributed by atoms with van der Waals surface area (Å²) < 4.78 is 10.4. The number of aliphatic hydroxyl groups is 1. The quantitative estimate of drug-likeness (QED) is 0.744. The maximum atomic E-state index is 12.8. The predicted molar refractivity (Wildman–Crippen MR) is 74.3 cm³/mol. The van der Waals surface area contributed by atoms with Crippen LogP contribution in [0.4, 0.5) is 5.69 Å². The molecule has 2 aliphatic rings. The predicted octanol–water partition coefficient (Wildman–Crippen LogP) is 0.722. The molecule has 0 spiro atoms. The van der Waals surface area contributed by atoms with Crippen LogP contribution in [0.2, 0.25) is 0 Å². The van der Waals surface area contributed by atoms with Crippen LogP contribution in [-0.4, -0.2) is 53.7 Å². The Hall–Kier alpha value is -1.99. The van der Waals surface area contributed by atoms with Gasteiger partial charge in [0.05, 0.1) is 24.4 Å². The van der Waals surface area contributed by atoms with Crippen LogP contribution in [0.5, 0.6) is 11.5 Å². The van der Waals surface area contributed by atoms with Crippen molar-refractivity contribution < 1.29 is 24.5 Å². The van der Waals surface area contributed by atoms with Gasteiger partial charge in [0.1, 0.15) is 12.5 Å². The highest BCUT2D eigenvalue weighted by Gasteiger charge is 2.44. The largest absolute Gasteiger partial charge is 0.504 e. The lowest BCUT2D eigenvalue weighted by Crippen LogP contribution is -2.47. The van der Waals surface area contributed by atoms with Crippen molar-refractivity contribution in [3.63, 3.8) is 0 Å². The number of ether oxygens (including phenoxy) is 2. The van der Waals surface area contributed by atoms with Crippen LogP contribution in [0.3, 0.4) is 0 Å². The number of nitrogens with zero attached hydrogens (tertiary/aromatic N) is 1. The number of hydrogen-bond acceptors (Lipinski definition) is 6. The number of methoxy groups -OCH3 is 2. The number of carbonyl (C=O) groups is 1. The molecule has 3 rings (SSSR count). The highest BCUT2D eigenvalue weighted by molar-refractivity contribution is 6.01. The Balaban J connectivity index is 2.09. The first-order valence-electron chi connectivity index (χ1n) is 6.78. The number of nitrogens with one attached hydrogen (secondary N) is 1. The summed E-state index contributed by atoms with van der Waals surface area (Å²) in [5.74, 6) is -0.124. The Labute approximate surface area is 122 Å². The smallest absolute Gasteiger partial charge is 0.258 e. The van der Waals surface area contributed by atoms with Crippen LogP contribution >= 0.6 is 0 Å². The van der Waals surface area contributed by atoms with Crippen LogP contribution < -0.4 is 10.1 Å². The van der Waals surface area contributed by atoms with Gasteiger partial charge in [-0.15, -0.1) is 0 Å². The van der Waals surface area contributed by atoms with Gasteiger partial charge >= 0.3 is 0 Å². The molecule has 1 fully saturated rings. The molecule has 21 heavy (non-hydrogen) atoms. The average Bonchev–Trinajstić information content (AvgIpc) is 2.87. The Kier molecular flexibility index (Phi) is 3.38. The van der Waals surface area contributed by atoms with Crippen molar-refractivity contribution in [1.82, 2.24) is 4.90 Å². The van der Waals surface area contributed by atoms with E-state index in [1.165, 1.54) is 19.2 Å². The second-order valence-corrected chi connectivity index (χ2v) is 5.21. The van der Waals surface area contributed by atoms with Gasteiger partial charge in [-0.1, -0.05) is 0 Å². The second kappa shape index (κ2) is 5.09. The van der Waals surface area contributed by atoms with E-state index in [1.54, 1.807) is 12.0 Å². The number of carbonyl (C=O) groups excluding carboxylic acids is 1. The van der Waals surface area contributed by atoms with Crippen molar-refractivity contribution >= 4 is 11.6 Å². The number of aliphatic hydroxyl groups excluding tert-OH is 1. The van der Waals surface area contributed by atoms with E-state index in [0.717, 1.165) is 0 Å². The van der Waals surface area contributed by atoms with Crippen LogP contribution in [0, 0.1) is 0 Å². The Morgan fingerprint density at radius 1 is 1.33 bits per heavy atom. The van der Waals surface area contributed by atoms with Crippen LogP contribution in [0.25, 0.3) is 0 Å². The summed E-state index contributed by atoms with van der Waals surface area (Å²) in [5, 5.41) is 23.0. The van der Waals surface area contributed by atoms with E-state index < -0.39 is 6.23 Å². The van der Waals surface area contributed by atoms with Crippen molar-refractivity contribution in [2.45, 2.75) is 31.3 Å². The number of aromatic hydroxyl groups is 1. The Bertz CT molecular complexity index is 577. The van der Waals surface area contributed by atoms with Gasteiger partial charge in [0.2, 0.25) is 0 Å². The summed E-state index contributed by atoms with van der Waals surface area (Å²) in [6.45, 7) is 0. The van der Waals surface area contributed by atoms with E-state index in [-0.39, 0.29) is 29.7 Å². The van der Waals surface area contributed by atoms with E-state index in [4.69, 9.17) is 9.47 Å². The topological polar surface area (TPSA) is 91.3 Å². The third-order valence-corrected chi connectivity index (χ3v) is 4.10. The Morgan fingerprint density at radius 3 is 2.76 bits per heavy atom. The molecule has 1 aromatic rings. The third-order valence-electron chi connectivity index (χ3n) is 4.10. The van der Waals surface area contributed by atoms with E-state index in [1.807, 2.05) is 0 Å². The molecule has 2 aliphatic heterocycles. The zero-order valence-corrected chi connectivity index (χ0v) is 11.9. The van der Waals surface area contributed by atoms with Gasteiger partial charge in [-0.2, -0.15) is 0 Å². The number of benzene rings is 1. The lowest BCUT2D eigenvalue weighted by molar-refractivity contribution is -0.0246. The molecule has 3 N–H and O–H groups in total. The zero-order chi connectivity index (χ0) is 15.1. The number of rotatable bonds is 2.